The Hall–Kier alpha value is -5.90. The second-order valence-electron chi connectivity index (χ2n) is 16.1. The van der Waals surface area contributed by atoms with Gasteiger partial charge in [0, 0.05) is 0 Å². The maximum atomic E-state index is 4.00. The molecule has 0 atom stereocenters. The second kappa shape index (κ2) is 52.4. The maximum Gasteiger partial charge on any atom is -0.0398 e. The topological polar surface area (TPSA) is 0 Å². The van der Waals surface area contributed by atoms with E-state index in [9.17, 15) is 0 Å². The SMILES string of the molecule is C#C.CC.CC.CC(C)C.CC(C)C.Cc1cc(C)cc(C)c1.Cc1ccccc1.Cc1ccccc1.Cc1ccccc1.Cc1ccccc1.Cc1ccccc1.Cc1ccccc1. The average Bonchev–Trinajstić information content (AvgIpc) is 3.28. The standard InChI is InChI=1S/C9H12.6C7H8.2C4H10.2C2H6.C2H2/c1-7-4-8(2)6-9(3)5-7;6*1-7-5-3-2-4-6-7;2*1-4(2)3;3*1-2/h4-6H,1-3H3;6*2-6H,1H3;2*4H,1-3H3;2*1-2H3;1-2H. The normalized spacial score (nSPS) is 8.29. The van der Waals surface area contributed by atoms with E-state index >= 15 is 0 Å². The minimum Gasteiger partial charge on any atom is -0.124 e. The lowest BCUT2D eigenvalue weighted by atomic mass is 10.1. The monoisotopic (exact) mass is 875 g/mol. The Labute approximate surface area is 404 Å². The highest BCUT2D eigenvalue weighted by Gasteiger charge is 1.87. The molecule has 65 heavy (non-hydrogen) atoms. The molecule has 0 nitrogen and oxygen atoms in total. The molecule has 0 aliphatic carbocycles. The van der Waals surface area contributed by atoms with Gasteiger partial charge in [-0.25, -0.2) is 0 Å². The van der Waals surface area contributed by atoms with Crippen molar-refractivity contribution in [1.29, 1.82) is 0 Å². The van der Waals surface area contributed by atoms with Gasteiger partial charge in [0.05, 0.1) is 0 Å². The molecule has 0 aliphatic heterocycles. The second-order valence-corrected chi connectivity index (χ2v) is 16.1. The molecule has 0 heteroatoms. The lowest BCUT2D eigenvalue weighted by Gasteiger charge is -1.96. The lowest BCUT2D eigenvalue weighted by Crippen LogP contribution is -1.78. The first-order chi connectivity index (χ1) is 31.0. The molecule has 0 spiro atoms. The summed E-state index contributed by atoms with van der Waals surface area (Å²) in [5.74, 6) is 1.67. The Balaban J connectivity index is -0.000000206. The van der Waals surface area contributed by atoms with Crippen LogP contribution in [0.3, 0.4) is 0 Å². The van der Waals surface area contributed by atoms with E-state index in [2.05, 4.69) is 208 Å². The molecule has 7 rings (SSSR count). The van der Waals surface area contributed by atoms with Crippen LogP contribution in [-0.4, -0.2) is 0 Å². The van der Waals surface area contributed by atoms with Gasteiger partial charge in [-0.2, -0.15) is 0 Å². The largest absolute Gasteiger partial charge is 0.124 e. The number of rotatable bonds is 0. The molecule has 0 amide bonds. The fourth-order valence-electron chi connectivity index (χ4n) is 4.41. The zero-order valence-corrected chi connectivity index (χ0v) is 44.9. The van der Waals surface area contributed by atoms with Crippen LogP contribution in [0.25, 0.3) is 0 Å². The van der Waals surface area contributed by atoms with Crippen LogP contribution >= 0.6 is 0 Å². The van der Waals surface area contributed by atoms with Crippen molar-refractivity contribution in [1.82, 2.24) is 0 Å². The molecular formula is C65H94. The van der Waals surface area contributed by atoms with Crippen molar-refractivity contribution < 1.29 is 0 Å². The fourth-order valence-corrected chi connectivity index (χ4v) is 4.41. The van der Waals surface area contributed by atoms with Crippen LogP contribution in [0, 0.1) is 87.0 Å². The Bertz CT molecular complexity index is 1550. The van der Waals surface area contributed by atoms with Gasteiger partial charge in [0.2, 0.25) is 0 Å². The van der Waals surface area contributed by atoms with Crippen molar-refractivity contribution in [2.24, 2.45) is 11.8 Å². The predicted octanol–water partition coefficient (Wildman–Crippen LogP) is 20.2. The van der Waals surface area contributed by atoms with Crippen LogP contribution in [-0.2, 0) is 0 Å². The summed E-state index contributed by atoms with van der Waals surface area (Å²) >= 11 is 0. The van der Waals surface area contributed by atoms with Gasteiger partial charge in [0.1, 0.15) is 0 Å². The molecule has 7 aromatic carbocycles. The van der Waals surface area contributed by atoms with Gasteiger partial charge in [0.15, 0.2) is 0 Å². The summed E-state index contributed by atoms with van der Waals surface area (Å²) in [7, 11) is 0. The van der Waals surface area contributed by atoms with Crippen molar-refractivity contribution in [2.45, 2.75) is 132 Å². The molecular weight excluding hydrogens is 781 g/mol. The molecule has 7 aromatic rings. The number of benzene rings is 7. The first kappa shape index (κ1) is 68.2. The smallest absolute Gasteiger partial charge is 0.0398 e. The summed E-state index contributed by atoms with van der Waals surface area (Å²) in [5, 5.41) is 0. The third kappa shape index (κ3) is 62.5. The van der Waals surface area contributed by atoms with Crippen LogP contribution < -0.4 is 0 Å². The van der Waals surface area contributed by atoms with E-state index in [4.69, 9.17) is 0 Å². The van der Waals surface area contributed by atoms with E-state index in [-0.39, 0.29) is 0 Å². The highest BCUT2D eigenvalue weighted by molar-refractivity contribution is 5.27. The van der Waals surface area contributed by atoms with E-state index in [1.807, 2.05) is 137 Å². The molecule has 0 bridgehead atoms. The van der Waals surface area contributed by atoms with Gasteiger partial charge >= 0.3 is 0 Å². The molecule has 0 fully saturated rings. The Morgan fingerprint density at radius 2 is 0.308 bits per heavy atom. The van der Waals surface area contributed by atoms with E-state index in [1.165, 1.54) is 50.1 Å². The van der Waals surface area contributed by atoms with Crippen molar-refractivity contribution in [3.63, 3.8) is 0 Å². The molecule has 0 radical (unpaired) electrons. The quantitative estimate of drug-likeness (QED) is 0.133. The number of hydrogen-bond acceptors (Lipinski definition) is 0. The molecule has 0 aliphatic rings. The van der Waals surface area contributed by atoms with E-state index < -0.39 is 0 Å². The number of hydrogen-bond donors (Lipinski definition) is 0. The third-order valence-electron chi connectivity index (χ3n) is 7.01. The van der Waals surface area contributed by atoms with Crippen molar-refractivity contribution in [3.05, 3.63) is 250 Å². The first-order valence-electron chi connectivity index (χ1n) is 23.5. The molecule has 0 N–H and O–H groups in total. The molecule has 0 heterocycles. The van der Waals surface area contributed by atoms with Gasteiger partial charge in [0.25, 0.3) is 0 Å². The van der Waals surface area contributed by atoms with Gasteiger partial charge < -0.3 is 0 Å². The third-order valence-corrected chi connectivity index (χ3v) is 7.01. The van der Waals surface area contributed by atoms with Crippen LogP contribution in [0.4, 0.5) is 0 Å². The van der Waals surface area contributed by atoms with Crippen LogP contribution in [0.1, 0.15) is 119 Å². The van der Waals surface area contributed by atoms with Crippen LogP contribution in [0.15, 0.2) is 200 Å². The minimum atomic E-state index is 0.833. The summed E-state index contributed by atoms with van der Waals surface area (Å²) in [6.45, 7) is 39.9. The highest BCUT2D eigenvalue weighted by Crippen LogP contribution is 2.06. The Kier molecular flexibility index (Phi) is 55.0. The summed E-state index contributed by atoms with van der Waals surface area (Å²) in [6, 6.07) is 68.1. The molecule has 0 saturated carbocycles. The molecule has 0 saturated heterocycles. The zero-order chi connectivity index (χ0) is 50.7. The summed E-state index contributed by atoms with van der Waals surface area (Å²) < 4.78 is 0. The van der Waals surface area contributed by atoms with Gasteiger partial charge in [-0.15, -0.1) is 12.8 Å². The molecule has 0 unspecified atom stereocenters. The summed E-state index contributed by atoms with van der Waals surface area (Å²) in [6.07, 6.45) is 8.00. The Morgan fingerprint density at radius 1 is 0.215 bits per heavy atom. The highest BCUT2D eigenvalue weighted by atomic mass is 13.9. The molecule has 0 aromatic heterocycles. The molecule has 354 valence electrons. The first-order valence-corrected chi connectivity index (χ1v) is 23.5. The minimum absolute atomic E-state index is 0.833. The van der Waals surface area contributed by atoms with Crippen molar-refractivity contribution in [2.75, 3.05) is 0 Å². The van der Waals surface area contributed by atoms with Gasteiger partial charge in [-0.1, -0.05) is 319 Å². The number of terminal acetylenes is 1. The van der Waals surface area contributed by atoms with Gasteiger partial charge in [-0.05, 0) is 74.1 Å². The Morgan fingerprint density at radius 3 is 0.369 bits per heavy atom. The van der Waals surface area contributed by atoms with E-state index in [0.29, 0.717) is 0 Å². The van der Waals surface area contributed by atoms with E-state index in [0.717, 1.165) is 11.8 Å². The van der Waals surface area contributed by atoms with Gasteiger partial charge in [-0.3, -0.25) is 0 Å². The lowest BCUT2D eigenvalue weighted by molar-refractivity contribution is 0.736. The maximum absolute atomic E-state index is 4.00. The predicted molar refractivity (Wildman–Crippen MR) is 301 cm³/mol. The fraction of sp³-hybridized carbons (Fsp3) is 0.323. The van der Waals surface area contributed by atoms with Crippen LogP contribution in [0.2, 0.25) is 0 Å². The zero-order valence-electron chi connectivity index (χ0n) is 44.9. The van der Waals surface area contributed by atoms with Crippen molar-refractivity contribution >= 4 is 0 Å². The number of aryl methyl sites for hydroxylation is 9. The van der Waals surface area contributed by atoms with Crippen LogP contribution in [0.5, 0.6) is 0 Å². The van der Waals surface area contributed by atoms with Crippen molar-refractivity contribution in [3.8, 4) is 12.8 Å². The van der Waals surface area contributed by atoms with E-state index in [1.54, 1.807) is 0 Å². The summed E-state index contributed by atoms with van der Waals surface area (Å²) in [4.78, 5) is 0. The average molecular weight is 875 g/mol. The summed E-state index contributed by atoms with van der Waals surface area (Å²) in [5.41, 5.74) is 12.0.